The molecule has 1 fully saturated rings. The van der Waals surface area contributed by atoms with Crippen LogP contribution >= 0.6 is 11.6 Å². The number of hydrogen-bond acceptors (Lipinski definition) is 2. The van der Waals surface area contributed by atoms with Gasteiger partial charge in [0, 0.05) is 12.1 Å². The molecule has 0 spiro atoms. The van der Waals surface area contributed by atoms with Crippen molar-refractivity contribution in [2.24, 2.45) is 0 Å². The van der Waals surface area contributed by atoms with Crippen LogP contribution in [0, 0.1) is 0 Å². The lowest BCUT2D eigenvalue weighted by molar-refractivity contribution is 0.415. The van der Waals surface area contributed by atoms with E-state index >= 15 is 0 Å². The van der Waals surface area contributed by atoms with E-state index in [2.05, 4.69) is 18.7 Å². The van der Waals surface area contributed by atoms with E-state index in [1.807, 2.05) is 18.2 Å². The fourth-order valence-corrected chi connectivity index (χ4v) is 2.95. The Morgan fingerprint density at radius 2 is 1.88 bits per heavy atom. The maximum atomic E-state index is 6.27. The van der Waals surface area contributed by atoms with Crippen LogP contribution in [0.25, 0.3) is 0 Å². The fourth-order valence-electron chi connectivity index (χ4n) is 2.67. The van der Waals surface area contributed by atoms with Crippen LogP contribution in [0.3, 0.4) is 0 Å². The van der Waals surface area contributed by atoms with Gasteiger partial charge in [0.25, 0.3) is 0 Å². The number of nitrogens with two attached hydrogens (primary N) is 1. The highest BCUT2D eigenvalue weighted by Gasteiger charge is 2.27. The molecule has 2 unspecified atom stereocenters. The number of nitrogens with zero attached hydrogens (tertiary/aromatic N) is 1. The van der Waals surface area contributed by atoms with Crippen molar-refractivity contribution in [3.8, 4) is 0 Å². The number of halogens is 1. The summed E-state index contributed by atoms with van der Waals surface area (Å²) < 4.78 is 0. The first-order chi connectivity index (χ1) is 7.61. The molecule has 2 rings (SSSR count). The van der Waals surface area contributed by atoms with E-state index in [-0.39, 0.29) is 0 Å². The molecule has 1 aromatic rings. The summed E-state index contributed by atoms with van der Waals surface area (Å²) in [6.07, 6.45) is 3.73. The third-order valence-electron chi connectivity index (χ3n) is 3.47. The number of piperidine rings is 1. The predicted molar refractivity (Wildman–Crippen MR) is 71.1 cm³/mol. The summed E-state index contributed by atoms with van der Waals surface area (Å²) in [6, 6.07) is 6.79. The number of anilines is 2. The van der Waals surface area contributed by atoms with E-state index in [1.165, 1.54) is 19.3 Å². The van der Waals surface area contributed by atoms with Gasteiger partial charge in [0.05, 0.1) is 16.4 Å². The van der Waals surface area contributed by atoms with E-state index < -0.39 is 0 Å². The molecule has 3 heteroatoms. The molecule has 2 atom stereocenters. The van der Waals surface area contributed by atoms with Crippen LogP contribution < -0.4 is 10.6 Å². The molecule has 2 nitrogen and oxygen atoms in total. The van der Waals surface area contributed by atoms with Gasteiger partial charge in [0.1, 0.15) is 0 Å². The predicted octanol–water partition coefficient (Wildman–Crippen LogP) is 3.69. The molecule has 1 aliphatic rings. The molecule has 1 aromatic carbocycles. The Morgan fingerprint density at radius 3 is 2.44 bits per heavy atom. The van der Waals surface area contributed by atoms with Crippen LogP contribution in [-0.4, -0.2) is 12.1 Å². The maximum Gasteiger partial charge on any atom is 0.0793 e. The van der Waals surface area contributed by atoms with E-state index in [1.54, 1.807) is 0 Å². The van der Waals surface area contributed by atoms with Gasteiger partial charge in [-0.2, -0.15) is 0 Å². The normalized spacial score (nSPS) is 25.8. The summed E-state index contributed by atoms with van der Waals surface area (Å²) in [5.41, 5.74) is 7.85. The highest BCUT2D eigenvalue weighted by Crippen LogP contribution is 2.38. The molecular weight excluding hydrogens is 220 g/mol. The van der Waals surface area contributed by atoms with Crippen LogP contribution in [0.2, 0.25) is 5.02 Å². The second-order valence-electron chi connectivity index (χ2n) is 4.71. The molecule has 0 aliphatic carbocycles. The average Bonchev–Trinajstić information content (AvgIpc) is 2.21. The standard InChI is InChI=1S/C13H19ClN2/c1-9-5-3-6-10(2)16(9)13-11(14)7-4-8-12(13)15/h4,7-10H,3,5-6,15H2,1-2H3. The largest absolute Gasteiger partial charge is 0.397 e. The van der Waals surface area contributed by atoms with Crippen LogP contribution in [0.15, 0.2) is 18.2 Å². The SMILES string of the molecule is CC1CCCC(C)N1c1c(N)cccc1Cl. The molecule has 0 radical (unpaired) electrons. The van der Waals surface area contributed by atoms with E-state index in [0.717, 1.165) is 16.4 Å². The maximum absolute atomic E-state index is 6.27. The lowest BCUT2D eigenvalue weighted by atomic mass is 9.96. The van der Waals surface area contributed by atoms with Crippen molar-refractivity contribution in [1.82, 2.24) is 0 Å². The topological polar surface area (TPSA) is 29.3 Å². The molecule has 88 valence electrons. The van der Waals surface area contributed by atoms with Gasteiger partial charge in [-0.3, -0.25) is 0 Å². The Balaban J connectivity index is 2.41. The summed E-state index contributed by atoms with van der Waals surface area (Å²) in [6.45, 7) is 4.50. The van der Waals surface area contributed by atoms with Crippen molar-refractivity contribution >= 4 is 23.0 Å². The first-order valence-electron chi connectivity index (χ1n) is 5.93. The van der Waals surface area contributed by atoms with Crippen molar-refractivity contribution < 1.29 is 0 Å². The number of benzene rings is 1. The lowest BCUT2D eigenvalue weighted by Gasteiger charge is -2.41. The van der Waals surface area contributed by atoms with Gasteiger partial charge in [0.2, 0.25) is 0 Å². The third-order valence-corrected chi connectivity index (χ3v) is 3.77. The van der Waals surface area contributed by atoms with Crippen LogP contribution in [0.5, 0.6) is 0 Å². The molecule has 1 aliphatic heterocycles. The van der Waals surface area contributed by atoms with Crippen molar-refractivity contribution in [3.63, 3.8) is 0 Å². The van der Waals surface area contributed by atoms with E-state index in [9.17, 15) is 0 Å². The van der Waals surface area contributed by atoms with Gasteiger partial charge in [-0.1, -0.05) is 17.7 Å². The van der Waals surface area contributed by atoms with Gasteiger partial charge in [-0.05, 0) is 45.2 Å². The third kappa shape index (κ3) is 1.99. The van der Waals surface area contributed by atoms with E-state index in [0.29, 0.717) is 12.1 Å². The van der Waals surface area contributed by atoms with Crippen LogP contribution in [0.1, 0.15) is 33.1 Å². The number of para-hydroxylation sites is 1. The number of rotatable bonds is 1. The highest BCUT2D eigenvalue weighted by molar-refractivity contribution is 6.34. The molecule has 0 bridgehead atoms. The Hall–Kier alpha value is -0.890. The molecule has 0 saturated carbocycles. The van der Waals surface area contributed by atoms with Gasteiger partial charge in [-0.15, -0.1) is 0 Å². The Morgan fingerprint density at radius 1 is 1.25 bits per heavy atom. The van der Waals surface area contributed by atoms with Crippen molar-refractivity contribution in [3.05, 3.63) is 23.2 Å². The Kier molecular flexibility index (Phi) is 3.29. The molecule has 1 saturated heterocycles. The molecular formula is C13H19ClN2. The number of nitrogen functional groups attached to an aromatic ring is 1. The van der Waals surface area contributed by atoms with Gasteiger partial charge < -0.3 is 10.6 Å². The number of hydrogen-bond donors (Lipinski definition) is 1. The quantitative estimate of drug-likeness (QED) is 0.757. The summed E-state index contributed by atoms with van der Waals surface area (Å²) in [7, 11) is 0. The minimum atomic E-state index is 0.519. The summed E-state index contributed by atoms with van der Waals surface area (Å²) in [5, 5.41) is 0.764. The minimum Gasteiger partial charge on any atom is -0.397 e. The first-order valence-corrected chi connectivity index (χ1v) is 6.31. The minimum absolute atomic E-state index is 0.519. The molecule has 16 heavy (non-hydrogen) atoms. The second-order valence-corrected chi connectivity index (χ2v) is 5.12. The van der Waals surface area contributed by atoms with Gasteiger partial charge in [-0.25, -0.2) is 0 Å². The Bertz CT molecular complexity index is 348. The highest BCUT2D eigenvalue weighted by atomic mass is 35.5. The Labute approximate surface area is 102 Å². The first kappa shape index (κ1) is 11.6. The van der Waals surface area contributed by atoms with Crippen LogP contribution in [0.4, 0.5) is 11.4 Å². The fraction of sp³-hybridized carbons (Fsp3) is 0.538. The lowest BCUT2D eigenvalue weighted by Crippen LogP contribution is -2.44. The summed E-state index contributed by atoms with van der Waals surface area (Å²) >= 11 is 6.27. The second kappa shape index (κ2) is 4.54. The van der Waals surface area contributed by atoms with Gasteiger partial charge >= 0.3 is 0 Å². The summed E-state index contributed by atoms with van der Waals surface area (Å²) in [4.78, 5) is 2.38. The van der Waals surface area contributed by atoms with E-state index in [4.69, 9.17) is 17.3 Å². The van der Waals surface area contributed by atoms with Crippen molar-refractivity contribution in [1.29, 1.82) is 0 Å². The average molecular weight is 239 g/mol. The molecule has 0 amide bonds. The summed E-state index contributed by atoms with van der Waals surface area (Å²) in [5.74, 6) is 0. The zero-order valence-corrected chi connectivity index (χ0v) is 10.7. The van der Waals surface area contributed by atoms with Crippen molar-refractivity contribution in [2.45, 2.75) is 45.2 Å². The van der Waals surface area contributed by atoms with Crippen LogP contribution in [-0.2, 0) is 0 Å². The zero-order chi connectivity index (χ0) is 11.7. The monoisotopic (exact) mass is 238 g/mol. The smallest absolute Gasteiger partial charge is 0.0793 e. The zero-order valence-electron chi connectivity index (χ0n) is 9.91. The molecule has 1 heterocycles. The van der Waals surface area contributed by atoms with Crippen molar-refractivity contribution in [2.75, 3.05) is 10.6 Å². The molecule has 0 aromatic heterocycles. The molecule has 2 N–H and O–H groups in total. The van der Waals surface area contributed by atoms with Gasteiger partial charge in [0.15, 0.2) is 0 Å².